The van der Waals surface area contributed by atoms with Crippen LogP contribution in [0.4, 0.5) is 0 Å². The molecule has 1 fully saturated rings. The first-order valence-corrected chi connectivity index (χ1v) is 7.50. The Morgan fingerprint density at radius 1 is 1.26 bits per heavy atom. The van der Waals surface area contributed by atoms with Crippen molar-refractivity contribution in [2.75, 3.05) is 0 Å². The van der Waals surface area contributed by atoms with Crippen LogP contribution in [0.15, 0.2) is 24.3 Å². The summed E-state index contributed by atoms with van der Waals surface area (Å²) in [6.45, 7) is 1.84. The van der Waals surface area contributed by atoms with Crippen LogP contribution in [-0.4, -0.2) is 11.9 Å². The third-order valence-corrected chi connectivity index (χ3v) is 4.00. The zero-order valence-electron chi connectivity index (χ0n) is 11.4. The molecule has 1 saturated carbocycles. The fourth-order valence-electron chi connectivity index (χ4n) is 2.70. The quantitative estimate of drug-likeness (QED) is 0.751. The Hall–Kier alpha value is -1.02. The molecule has 1 atom stereocenters. The lowest BCUT2D eigenvalue weighted by Gasteiger charge is -2.19. The molecule has 0 aliphatic heterocycles. The van der Waals surface area contributed by atoms with Crippen LogP contribution in [0.2, 0.25) is 5.02 Å². The fraction of sp³-hybridized carbons (Fsp3) is 0.562. The highest BCUT2D eigenvalue weighted by molar-refractivity contribution is 6.30. The smallest absolute Gasteiger partial charge is 0.176 e. The van der Waals surface area contributed by atoms with Gasteiger partial charge in [-0.05, 0) is 38.0 Å². The molecule has 0 radical (unpaired) electrons. The predicted molar refractivity (Wildman–Crippen MR) is 77.7 cm³/mol. The molecule has 0 saturated heterocycles. The number of hydrogen-bond acceptors (Lipinski definition) is 2. The molecule has 19 heavy (non-hydrogen) atoms. The normalized spacial score (nSPS) is 18.6. The molecule has 0 bridgehead atoms. The van der Waals surface area contributed by atoms with Gasteiger partial charge in [0.1, 0.15) is 5.75 Å². The Labute approximate surface area is 120 Å². The molecular formula is C16H21ClO2. The molecule has 1 aliphatic carbocycles. The minimum absolute atomic E-state index is 0.177. The number of carbonyl (C=O) groups excluding carboxylic acids is 1. The van der Waals surface area contributed by atoms with E-state index < -0.39 is 0 Å². The van der Waals surface area contributed by atoms with E-state index in [-0.39, 0.29) is 17.8 Å². The minimum Gasteiger partial charge on any atom is -0.483 e. The number of benzene rings is 1. The summed E-state index contributed by atoms with van der Waals surface area (Å²) in [6.07, 6.45) is 6.49. The summed E-state index contributed by atoms with van der Waals surface area (Å²) in [6, 6.07) is 7.22. The van der Waals surface area contributed by atoms with Gasteiger partial charge in [-0.2, -0.15) is 0 Å². The van der Waals surface area contributed by atoms with E-state index >= 15 is 0 Å². The van der Waals surface area contributed by atoms with Gasteiger partial charge in [0, 0.05) is 10.9 Å². The third-order valence-electron chi connectivity index (χ3n) is 3.77. The zero-order chi connectivity index (χ0) is 13.7. The first-order chi connectivity index (χ1) is 9.16. The fourth-order valence-corrected chi connectivity index (χ4v) is 2.88. The highest BCUT2D eigenvalue weighted by Gasteiger charge is 2.25. The standard InChI is InChI=1S/C16H21ClO2/c1-12(19-15-10-6-9-14(17)11-15)16(18)13-7-4-2-3-5-8-13/h6,9-13H,2-5,7-8H2,1H3. The molecule has 0 N–H and O–H groups in total. The van der Waals surface area contributed by atoms with Crippen LogP contribution in [0.3, 0.4) is 0 Å². The van der Waals surface area contributed by atoms with Gasteiger partial charge in [-0.3, -0.25) is 4.79 Å². The molecule has 0 spiro atoms. The van der Waals surface area contributed by atoms with Crippen molar-refractivity contribution in [3.05, 3.63) is 29.3 Å². The highest BCUT2D eigenvalue weighted by atomic mass is 35.5. The summed E-state index contributed by atoms with van der Waals surface area (Å²) in [5.41, 5.74) is 0. The summed E-state index contributed by atoms with van der Waals surface area (Å²) in [5, 5.41) is 0.631. The molecule has 1 aromatic carbocycles. The first-order valence-electron chi connectivity index (χ1n) is 7.13. The van der Waals surface area contributed by atoms with Crippen molar-refractivity contribution in [2.24, 2.45) is 5.92 Å². The van der Waals surface area contributed by atoms with Crippen molar-refractivity contribution in [1.29, 1.82) is 0 Å². The van der Waals surface area contributed by atoms with E-state index in [1.54, 1.807) is 12.1 Å². The molecule has 1 unspecified atom stereocenters. The SMILES string of the molecule is CC(Oc1cccc(Cl)c1)C(=O)C1CCCCCC1. The number of halogens is 1. The molecule has 2 rings (SSSR count). The summed E-state index contributed by atoms with van der Waals surface area (Å²) in [7, 11) is 0. The van der Waals surface area contributed by atoms with E-state index in [4.69, 9.17) is 16.3 Å². The topological polar surface area (TPSA) is 26.3 Å². The molecule has 104 valence electrons. The van der Waals surface area contributed by atoms with Gasteiger partial charge in [0.15, 0.2) is 11.9 Å². The highest BCUT2D eigenvalue weighted by Crippen LogP contribution is 2.26. The van der Waals surface area contributed by atoms with E-state index in [0.29, 0.717) is 10.8 Å². The third kappa shape index (κ3) is 4.24. The van der Waals surface area contributed by atoms with Crippen LogP contribution >= 0.6 is 11.6 Å². The Kier molecular flexibility index (Phi) is 5.26. The lowest BCUT2D eigenvalue weighted by atomic mass is 9.93. The van der Waals surface area contributed by atoms with E-state index in [1.165, 1.54) is 25.7 Å². The molecule has 1 aromatic rings. The zero-order valence-corrected chi connectivity index (χ0v) is 12.2. The van der Waals surface area contributed by atoms with Crippen LogP contribution in [-0.2, 0) is 4.79 Å². The van der Waals surface area contributed by atoms with Crippen LogP contribution in [0, 0.1) is 5.92 Å². The largest absolute Gasteiger partial charge is 0.483 e. The second kappa shape index (κ2) is 6.95. The van der Waals surface area contributed by atoms with Gasteiger partial charge >= 0.3 is 0 Å². The molecular weight excluding hydrogens is 260 g/mol. The van der Waals surface area contributed by atoms with Gasteiger partial charge in [0.05, 0.1) is 0 Å². The molecule has 3 heteroatoms. The van der Waals surface area contributed by atoms with Crippen LogP contribution in [0.5, 0.6) is 5.75 Å². The van der Waals surface area contributed by atoms with Crippen LogP contribution < -0.4 is 4.74 Å². The van der Waals surface area contributed by atoms with E-state index in [1.807, 2.05) is 19.1 Å². The molecule has 0 aromatic heterocycles. The average Bonchev–Trinajstić information content (AvgIpc) is 2.66. The second-order valence-corrected chi connectivity index (χ2v) is 5.74. The van der Waals surface area contributed by atoms with E-state index in [2.05, 4.69) is 0 Å². The van der Waals surface area contributed by atoms with Gasteiger partial charge in [-0.1, -0.05) is 43.4 Å². The van der Waals surface area contributed by atoms with Crippen molar-refractivity contribution in [2.45, 2.75) is 51.6 Å². The van der Waals surface area contributed by atoms with Crippen molar-refractivity contribution in [3.8, 4) is 5.75 Å². The Morgan fingerprint density at radius 3 is 2.58 bits per heavy atom. The number of ketones is 1. The summed E-state index contributed by atoms with van der Waals surface area (Å²) >= 11 is 5.91. The maximum Gasteiger partial charge on any atom is 0.176 e. The van der Waals surface area contributed by atoms with Crippen molar-refractivity contribution in [1.82, 2.24) is 0 Å². The van der Waals surface area contributed by atoms with E-state index in [9.17, 15) is 4.79 Å². The van der Waals surface area contributed by atoms with Gasteiger partial charge in [0.25, 0.3) is 0 Å². The van der Waals surface area contributed by atoms with E-state index in [0.717, 1.165) is 12.8 Å². The molecule has 0 amide bonds. The van der Waals surface area contributed by atoms with Crippen LogP contribution in [0.25, 0.3) is 0 Å². The van der Waals surface area contributed by atoms with Crippen molar-refractivity contribution in [3.63, 3.8) is 0 Å². The number of hydrogen-bond donors (Lipinski definition) is 0. The summed E-state index contributed by atoms with van der Waals surface area (Å²) in [4.78, 5) is 12.4. The van der Waals surface area contributed by atoms with Gasteiger partial charge in [-0.25, -0.2) is 0 Å². The Balaban J connectivity index is 1.94. The minimum atomic E-state index is -0.387. The molecule has 0 heterocycles. The second-order valence-electron chi connectivity index (χ2n) is 5.31. The number of carbonyl (C=O) groups is 1. The molecule has 1 aliphatic rings. The maximum atomic E-state index is 12.4. The van der Waals surface area contributed by atoms with Crippen molar-refractivity contribution < 1.29 is 9.53 Å². The Morgan fingerprint density at radius 2 is 1.95 bits per heavy atom. The number of rotatable bonds is 4. The lowest BCUT2D eigenvalue weighted by molar-refractivity contribution is -0.129. The van der Waals surface area contributed by atoms with Gasteiger partial charge in [0.2, 0.25) is 0 Å². The van der Waals surface area contributed by atoms with Crippen molar-refractivity contribution >= 4 is 17.4 Å². The monoisotopic (exact) mass is 280 g/mol. The van der Waals surface area contributed by atoms with Crippen LogP contribution in [0.1, 0.15) is 45.4 Å². The Bertz CT molecular complexity index is 423. The lowest BCUT2D eigenvalue weighted by Crippen LogP contribution is -2.30. The first kappa shape index (κ1) is 14.4. The predicted octanol–water partition coefficient (Wildman–Crippen LogP) is 4.65. The molecule has 2 nitrogen and oxygen atoms in total. The van der Waals surface area contributed by atoms with Gasteiger partial charge < -0.3 is 4.74 Å². The van der Waals surface area contributed by atoms with Gasteiger partial charge in [-0.15, -0.1) is 0 Å². The maximum absolute atomic E-state index is 12.4. The number of Topliss-reactive ketones (excluding diaryl/α,β-unsaturated/α-hetero) is 1. The average molecular weight is 281 g/mol. The summed E-state index contributed by atoms with van der Waals surface area (Å²) in [5.74, 6) is 1.08. The summed E-state index contributed by atoms with van der Waals surface area (Å²) < 4.78 is 5.72. The number of ether oxygens (including phenoxy) is 1.